The van der Waals surface area contributed by atoms with Gasteiger partial charge in [-0.15, -0.1) is 0 Å². The number of non-ortho nitro benzene ring substituents is 1. The Morgan fingerprint density at radius 2 is 1.94 bits per heavy atom. The summed E-state index contributed by atoms with van der Waals surface area (Å²) in [5.74, 6) is -3.98. The highest BCUT2D eigenvalue weighted by molar-refractivity contribution is 6.32. The Morgan fingerprint density at radius 1 is 1.21 bits per heavy atom. The molecule has 0 bridgehead atoms. The number of halogens is 1. The van der Waals surface area contributed by atoms with Gasteiger partial charge in [0, 0.05) is 38.8 Å². The molecular weight excluding hydrogens is 447 g/mol. The first kappa shape index (κ1) is 21.6. The number of nitro benzene ring substituents is 1. The van der Waals surface area contributed by atoms with Gasteiger partial charge in [0.05, 0.1) is 21.7 Å². The first-order valence-electron chi connectivity index (χ1n) is 10.4. The van der Waals surface area contributed by atoms with E-state index in [0.717, 1.165) is 17.0 Å². The standard InChI is InChI=1S/C23H19FN4O6/c1-26-17(8-12-10-25-15-4-3-5-16(18(12)15)28(33)34)21(31)27(2)23(22(26)32)19(20(23)30)11-6-13(24)9-14(29)7-11/h3-7,9-10,17,19,25,29H,8H2,1-2H3/t17-,19?,23?/m0/s1. The van der Waals surface area contributed by atoms with Gasteiger partial charge in [0.25, 0.3) is 11.6 Å². The lowest BCUT2D eigenvalue weighted by Gasteiger charge is -2.42. The number of nitrogens with zero attached hydrogens (tertiary/aromatic N) is 3. The number of carbonyl (C=O) groups is 3. The Labute approximate surface area is 191 Å². The number of H-pyrrole nitrogens is 1. The third kappa shape index (κ3) is 2.76. The van der Waals surface area contributed by atoms with Crippen LogP contribution in [-0.4, -0.2) is 68.1 Å². The molecule has 1 aliphatic carbocycles. The van der Waals surface area contributed by atoms with Gasteiger partial charge in [-0.05, 0) is 29.3 Å². The third-order valence-corrected chi connectivity index (χ3v) is 6.84. The van der Waals surface area contributed by atoms with Crippen molar-refractivity contribution in [3.05, 3.63) is 69.7 Å². The average Bonchev–Trinajstić information content (AvgIpc) is 3.19. The lowest BCUT2D eigenvalue weighted by Crippen LogP contribution is -2.65. The molecular formula is C23H19FN4O6. The molecule has 2 unspecified atom stereocenters. The number of phenols is 1. The Morgan fingerprint density at radius 3 is 2.62 bits per heavy atom. The molecule has 2 fully saturated rings. The number of likely N-dealkylation sites (N-methyl/N-ethyl adjacent to an activating group) is 2. The highest BCUT2D eigenvalue weighted by Gasteiger charge is 2.77. The van der Waals surface area contributed by atoms with E-state index in [1.165, 1.54) is 31.1 Å². The van der Waals surface area contributed by atoms with Crippen molar-refractivity contribution in [2.45, 2.75) is 23.9 Å². The van der Waals surface area contributed by atoms with Crippen LogP contribution >= 0.6 is 0 Å². The zero-order chi connectivity index (χ0) is 24.5. The molecule has 34 heavy (non-hydrogen) atoms. The minimum Gasteiger partial charge on any atom is -0.508 e. The Bertz CT molecular complexity index is 1400. The van der Waals surface area contributed by atoms with Gasteiger partial charge in [-0.2, -0.15) is 0 Å². The maximum absolute atomic E-state index is 13.8. The summed E-state index contributed by atoms with van der Waals surface area (Å²) >= 11 is 0. The minimum absolute atomic E-state index is 0.00798. The summed E-state index contributed by atoms with van der Waals surface area (Å²) < 4.78 is 13.8. The van der Waals surface area contributed by atoms with Gasteiger partial charge >= 0.3 is 0 Å². The molecule has 2 aliphatic rings. The summed E-state index contributed by atoms with van der Waals surface area (Å²) in [6.07, 6.45) is 1.56. The van der Waals surface area contributed by atoms with E-state index in [9.17, 15) is 34.0 Å². The molecule has 2 amide bonds. The molecule has 10 nitrogen and oxygen atoms in total. The second-order valence-electron chi connectivity index (χ2n) is 8.61. The van der Waals surface area contributed by atoms with Crippen molar-refractivity contribution in [1.29, 1.82) is 0 Å². The minimum atomic E-state index is -1.81. The van der Waals surface area contributed by atoms with E-state index in [0.29, 0.717) is 16.5 Å². The van der Waals surface area contributed by atoms with E-state index in [1.54, 1.807) is 18.3 Å². The highest BCUT2D eigenvalue weighted by Crippen LogP contribution is 2.54. The Hall–Kier alpha value is -4.28. The number of aromatic hydroxyl groups is 1. The topological polar surface area (TPSA) is 137 Å². The maximum Gasteiger partial charge on any atom is 0.279 e. The van der Waals surface area contributed by atoms with Crippen molar-refractivity contribution in [3.8, 4) is 5.75 Å². The number of piperazine rings is 1. The quantitative estimate of drug-likeness (QED) is 0.342. The summed E-state index contributed by atoms with van der Waals surface area (Å²) in [5.41, 5.74) is -0.823. The lowest BCUT2D eigenvalue weighted by atomic mass is 9.94. The van der Waals surface area contributed by atoms with Crippen LogP contribution in [0.3, 0.4) is 0 Å². The molecule has 5 rings (SSSR count). The first-order valence-corrected chi connectivity index (χ1v) is 10.4. The average molecular weight is 466 g/mol. The van der Waals surface area contributed by atoms with Crippen LogP contribution in [0.5, 0.6) is 5.75 Å². The molecule has 2 heterocycles. The normalized spacial score (nSPS) is 24.4. The van der Waals surface area contributed by atoms with Crippen LogP contribution in [0.4, 0.5) is 10.1 Å². The van der Waals surface area contributed by atoms with Crippen LogP contribution in [0, 0.1) is 15.9 Å². The fourth-order valence-corrected chi connectivity index (χ4v) is 5.13. The first-order chi connectivity index (χ1) is 16.1. The smallest absolute Gasteiger partial charge is 0.279 e. The number of ketones is 1. The monoisotopic (exact) mass is 466 g/mol. The van der Waals surface area contributed by atoms with Crippen LogP contribution in [0.2, 0.25) is 0 Å². The number of nitrogens with one attached hydrogen (secondary N) is 1. The van der Waals surface area contributed by atoms with Crippen molar-refractivity contribution in [1.82, 2.24) is 14.8 Å². The summed E-state index contributed by atoms with van der Waals surface area (Å²) in [6.45, 7) is 0. The molecule has 2 N–H and O–H groups in total. The molecule has 11 heteroatoms. The Kier molecular flexibility index (Phi) is 4.51. The van der Waals surface area contributed by atoms with Crippen LogP contribution < -0.4 is 0 Å². The zero-order valence-corrected chi connectivity index (χ0v) is 18.1. The van der Waals surface area contributed by atoms with E-state index >= 15 is 0 Å². The van der Waals surface area contributed by atoms with E-state index in [-0.39, 0.29) is 17.7 Å². The molecule has 1 aromatic heterocycles. The largest absolute Gasteiger partial charge is 0.508 e. The van der Waals surface area contributed by atoms with Gasteiger partial charge in [-0.1, -0.05) is 6.07 Å². The van der Waals surface area contributed by atoms with Gasteiger partial charge < -0.3 is 19.9 Å². The van der Waals surface area contributed by atoms with Crippen molar-refractivity contribution in [2.24, 2.45) is 0 Å². The number of Topliss-reactive ketones (excluding diaryl/α,β-unsaturated/α-hetero) is 1. The number of nitro groups is 1. The van der Waals surface area contributed by atoms with Crippen molar-refractivity contribution in [3.63, 3.8) is 0 Å². The van der Waals surface area contributed by atoms with Gasteiger partial charge in [-0.25, -0.2) is 4.39 Å². The van der Waals surface area contributed by atoms with Gasteiger partial charge in [0.1, 0.15) is 17.6 Å². The predicted octanol–water partition coefficient (Wildman–Crippen LogP) is 1.87. The van der Waals surface area contributed by atoms with Gasteiger partial charge in [-0.3, -0.25) is 24.5 Å². The lowest BCUT2D eigenvalue weighted by molar-refractivity contribution is -0.383. The number of fused-ring (bicyclic) bond motifs is 1. The van der Waals surface area contributed by atoms with E-state index < -0.39 is 51.6 Å². The maximum atomic E-state index is 13.8. The van der Waals surface area contributed by atoms with E-state index in [1.807, 2.05) is 0 Å². The molecule has 174 valence electrons. The molecule has 0 radical (unpaired) electrons. The predicted molar refractivity (Wildman–Crippen MR) is 117 cm³/mol. The number of hydrogen-bond acceptors (Lipinski definition) is 6. The van der Waals surface area contributed by atoms with Gasteiger partial charge in [0.15, 0.2) is 11.3 Å². The number of hydrogen-bond donors (Lipinski definition) is 2. The van der Waals surface area contributed by atoms with Crippen molar-refractivity contribution < 1.29 is 28.8 Å². The van der Waals surface area contributed by atoms with Crippen LogP contribution in [0.25, 0.3) is 10.9 Å². The fraction of sp³-hybridized carbons (Fsp3) is 0.261. The number of aromatic amines is 1. The highest BCUT2D eigenvalue weighted by atomic mass is 19.1. The second-order valence-corrected chi connectivity index (χ2v) is 8.61. The molecule has 1 aliphatic heterocycles. The summed E-state index contributed by atoms with van der Waals surface area (Å²) in [5, 5.41) is 21.6. The molecule has 3 atom stereocenters. The van der Waals surface area contributed by atoms with Crippen LogP contribution in [0.1, 0.15) is 17.0 Å². The zero-order valence-electron chi connectivity index (χ0n) is 18.1. The van der Waals surface area contributed by atoms with E-state index in [2.05, 4.69) is 4.98 Å². The van der Waals surface area contributed by atoms with Gasteiger partial charge in [0.2, 0.25) is 5.91 Å². The van der Waals surface area contributed by atoms with Crippen LogP contribution in [-0.2, 0) is 20.8 Å². The number of rotatable bonds is 4. The van der Waals surface area contributed by atoms with Crippen LogP contribution in [0.15, 0.2) is 42.6 Å². The number of phenolic OH excluding ortho intramolecular Hbond substituents is 1. The molecule has 2 aromatic carbocycles. The number of amides is 2. The summed E-state index contributed by atoms with van der Waals surface area (Å²) in [7, 11) is 2.74. The van der Waals surface area contributed by atoms with E-state index in [4.69, 9.17) is 0 Å². The number of carbonyl (C=O) groups excluding carboxylic acids is 3. The number of aromatic nitrogens is 1. The third-order valence-electron chi connectivity index (χ3n) is 6.84. The molecule has 1 saturated carbocycles. The molecule has 1 spiro atoms. The fourth-order valence-electron chi connectivity index (χ4n) is 5.13. The molecule has 1 saturated heterocycles. The number of benzene rings is 2. The Balaban J connectivity index is 1.51. The second kappa shape index (κ2) is 7.11. The van der Waals surface area contributed by atoms with Crippen molar-refractivity contribution in [2.75, 3.05) is 14.1 Å². The summed E-state index contributed by atoms with van der Waals surface area (Å²) in [6, 6.07) is 6.71. The summed E-state index contributed by atoms with van der Waals surface area (Å²) in [4.78, 5) is 56.0. The van der Waals surface area contributed by atoms with Crippen molar-refractivity contribution >= 4 is 34.2 Å². The molecule has 3 aromatic rings. The SMILES string of the molecule is CN1C(=O)C2(C(=O)C2c2cc(O)cc(F)c2)N(C)C(=O)[C@@H]1Cc1c[nH]c2cccc([N+](=O)[O-])c12.